The lowest BCUT2D eigenvalue weighted by Gasteiger charge is -2.33. The average molecular weight is 468 g/mol. The van der Waals surface area contributed by atoms with Gasteiger partial charge in [-0.05, 0) is 30.5 Å². The molecule has 1 saturated heterocycles. The van der Waals surface area contributed by atoms with E-state index in [0.717, 1.165) is 36.0 Å². The van der Waals surface area contributed by atoms with E-state index >= 15 is 0 Å². The van der Waals surface area contributed by atoms with Gasteiger partial charge in [-0.1, -0.05) is 23.7 Å². The molecular formula is C23H23ClFN7O. The minimum atomic E-state index is -0.303. The topological polar surface area (TPSA) is 105 Å². The fourth-order valence-electron chi connectivity index (χ4n) is 4.22. The van der Waals surface area contributed by atoms with Crippen LogP contribution in [0.3, 0.4) is 0 Å². The van der Waals surface area contributed by atoms with E-state index in [9.17, 15) is 9.18 Å². The van der Waals surface area contributed by atoms with E-state index < -0.39 is 0 Å². The van der Waals surface area contributed by atoms with Gasteiger partial charge in [0.2, 0.25) is 0 Å². The quantitative estimate of drug-likeness (QED) is 0.414. The predicted octanol–water partition coefficient (Wildman–Crippen LogP) is 3.78. The molecule has 1 aromatic carbocycles. The molecule has 0 unspecified atom stereocenters. The zero-order chi connectivity index (χ0) is 22.9. The number of carbonyl (C=O) groups is 1. The summed E-state index contributed by atoms with van der Waals surface area (Å²) in [6.45, 7) is 1.95. The van der Waals surface area contributed by atoms with E-state index in [-0.39, 0.29) is 17.8 Å². The van der Waals surface area contributed by atoms with Gasteiger partial charge in [0.15, 0.2) is 0 Å². The summed E-state index contributed by atoms with van der Waals surface area (Å²) in [5, 5.41) is 8.48. The maximum absolute atomic E-state index is 13.1. The highest BCUT2D eigenvalue weighted by atomic mass is 35.5. The number of hydrogen-bond acceptors (Lipinski definition) is 5. The maximum Gasteiger partial charge on any atom is 0.258 e. The van der Waals surface area contributed by atoms with E-state index in [1.807, 2.05) is 0 Å². The molecule has 0 saturated carbocycles. The first kappa shape index (κ1) is 21.4. The van der Waals surface area contributed by atoms with Crippen molar-refractivity contribution in [1.82, 2.24) is 19.7 Å². The fourth-order valence-corrected chi connectivity index (χ4v) is 4.48. The van der Waals surface area contributed by atoms with Crippen LogP contribution in [0.2, 0.25) is 5.02 Å². The van der Waals surface area contributed by atoms with Crippen molar-refractivity contribution in [3.05, 3.63) is 71.0 Å². The molecule has 4 aromatic rings. The Morgan fingerprint density at radius 2 is 2.12 bits per heavy atom. The second-order valence-electron chi connectivity index (χ2n) is 8.24. The Kier molecular flexibility index (Phi) is 5.74. The summed E-state index contributed by atoms with van der Waals surface area (Å²) in [7, 11) is 0. The molecule has 1 fully saturated rings. The number of nitrogens with two attached hydrogens (primary N) is 1. The highest BCUT2D eigenvalue weighted by molar-refractivity contribution is 6.35. The number of nitrogens with one attached hydrogen (secondary N) is 2. The molecule has 4 N–H and O–H groups in total. The molecule has 1 aliphatic heterocycles. The zero-order valence-corrected chi connectivity index (χ0v) is 18.5. The van der Waals surface area contributed by atoms with Gasteiger partial charge in [-0.2, -0.15) is 5.10 Å². The molecule has 1 aliphatic rings. The number of nitrogens with zero attached hydrogens (tertiary/aromatic N) is 4. The highest BCUT2D eigenvalue weighted by Crippen LogP contribution is 2.38. The lowest BCUT2D eigenvalue weighted by atomic mass is 10.1. The lowest BCUT2D eigenvalue weighted by Crippen LogP contribution is -2.43. The van der Waals surface area contributed by atoms with Crippen LogP contribution in [0.25, 0.3) is 11.0 Å². The number of aromatic amines is 1. The summed E-state index contributed by atoms with van der Waals surface area (Å²) in [4.78, 5) is 22.6. The Morgan fingerprint density at radius 1 is 1.30 bits per heavy atom. The van der Waals surface area contributed by atoms with Crippen molar-refractivity contribution in [2.75, 3.05) is 23.3 Å². The molecule has 170 valence electrons. The van der Waals surface area contributed by atoms with Crippen molar-refractivity contribution in [3.63, 3.8) is 0 Å². The standard InChI is InChI=1S/C23H23ClFN7O/c24-18-9-27-22-20(21(18)31-7-1-2-17(26)13-31)19(10-28-22)30-23(33)15-8-29-32(12-15)11-14-3-5-16(25)6-4-14/h3-6,8-10,12,17H,1-2,7,11,13,26H2,(H,27,28)(H,30,33)/t17-/m1/s1. The number of aromatic nitrogens is 4. The summed E-state index contributed by atoms with van der Waals surface area (Å²) in [5.74, 6) is -0.596. The molecule has 0 radical (unpaired) electrons. The fraction of sp³-hybridized carbons (Fsp3) is 0.261. The molecule has 3 aromatic heterocycles. The normalized spacial score (nSPS) is 16.3. The Balaban J connectivity index is 1.39. The SMILES string of the molecule is N[C@@H]1CCCN(c2c(Cl)cnc3[nH]cc(NC(=O)c4cnn(Cc5ccc(F)cc5)c4)c23)C1. The summed E-state index contributed by atoms with van der Waals surface area (Å²) < 4.78 is 14.8. The van der Waals surface area contributed by atoms with Gasteiger partial charge in [0.1, 0.15) is 11.5 Å². The second-order valence-corrected chi connectivity index (χ2v) is 8.64. The summed E-state index contributed by atoms with van der Waals surface area (Å²) >= 11 is 6.55. The number of amides is 1. The van der Waals surface area contributed by atoms with E-state index in [1.165, 1.54) is 18.3 Å². The Bertz CT molecular complexity index is 1300. The summed E-state index contributed by atoms with van der Waals surface area (Å²) in [6.07, 6.45) is 8.43. The Labute approximate surface area is 194 Å². The third kappa shape index (κ3) is 4.42. The number of rotatable bonds is 5. The Hall–Kier alpha value is -3.43. The third-order valence-corrected chi connectivity index (χ3v) is 6.08. The van der Waals surface area contributed by atoms with Crippen LogP contribution in [-0.2, 0) is 6.54 Å². The minimum Gasteiger partial charge on any atom is -0.368 e. The first-order chi connectivity index (χ1) is 16.0. The van der Waals surface area contributed by atoms with Crippen molar-refractivity contribution in [1.29, 1.82) is 0 Å². The van der Waals surface area contributed by atoms with E-state index in [2.05, 4.69) is 25.3 Å². The summed E-state index contributed by atoms with van der Waals surface area (Å²) in [5.41, 5.74) is 9.52. The molecule has 0 spiro atoms. The third-order valence-electron chi connectivity index (χ3n) is 5.80. The van der Waals surface area contributed by atoms with E-state index in [1.54, 1.807) is 35.4 Å². The number of H-pyrrole nitrogens is 1. The molecule has 10 heteroatoms. The van der Waals surface area contributed by atoms with Gasteiger partial charge >= 0.3 is 0 Å². The van der Waals surface area contributed by atoms with Crippen LogP contribution in [0.15, 0.2) is 49.1 Å². The van der Waals surface area contributed by atoms with E-state index in [4.69, 9.17) is 17.3 Å². The van der Waals surface area contributed by atoms with E-state index in [0.29, 0.717) is 35.0 Å². The molecule has 5 rings (SSSR count). The van der Waals surface area contributed by atoms with Crippen LogP contribution >= 0.6 is 11.6 Å². The highest BCUT2D eigenvalue weighted by Gasteiger charge is 2.24. The Morgan fingerprint density at radius 3 is 2.91 bits per heavy atom. The van der Waals surface area contributed by atoms with Gasteiger partial charge in [0.05, 0.1) is 46.3 Å². The van der Waals surface area contributed by atoms with Crippen LogP contribution in [0.1, 0.15) is 28.8 Å². The summed E-state index contributed by atoms with van der Waals surface area (Å²) in [6, 6.07) is 6.24. The molecule has 8 nitrogen and oxygen atoms in total. The van der Waals surface area contributed by atoms with Gasteiger partial charge < -0.3 is 20.9 Å². The van der Waals surface area contributed by atoms with Gasteiger partial charge in [-0.3, -0.25) is 9.48 Å². The smallest absolute Gasteiger partial charge is 0.258 e. The van der Waals surface area contributed by atoms with Crippen molar-refractivity contribution >= 4 is 39.9 Å². The number of piperidine rings is 1. The van der Waals surface area contributed by atoms with Gasteiger partial charge in [0, 0.05) is 31.5 Å². The number of anilines is 2. The maximum atomic E-state index is 13.1. The van der Waals surface area contributed by atoms with Crippen LogP contribution in [0, 0.1) is 5.82 Å². The number of halogens is 2. The average Bonchev–Trinajstić information content (AvgIpc) is 3.43. The van der Waals surface area contributed by atoms with Crippen molar-refractivity contribution in [3.8, 4) is 0 Å². The number of pyridine rings is 1. The number of benzene rings is 1. The molecule has 1 amide bonds. The molecule has 1 atom stereocenters. The molecular weight excluding hydrogens is 445 g/mol. The van der Waals surface area contributed by atoms with Crippen molar-refractivity contribution in [2.24, 2.45) is 5.73 Å². The molecule has 4 heterocycles. The minimum absolute atomic E-state index is 0.0713. The van der Waals surface area contributed by atoms with Gasteiger partial charge in [-0.25, -0.2) is 9.37 Å². The number of hydrogen-bond donors (Lipinski definition) is 3. The van der Waals surface area contributed by atoms with Crippen LogP contribution in [0.4, 0.5) is 15.8 Å². The molecule has 0 bridgehead atoms. The van der Waals surface area contributed by atoms with Gasteiger partial charge in [-0.15, -0.1) is 0 Å². The van der Waals surface area contributed by atoms with Crippen molar-refractivity contribution in [2.45, 2.75) is 25.4 Å². The van der Waals surface area contributed by atoms with Crippen LogP contribution in [-0.4, -0.2) is 44.8 Å². The van der Waals surface area contributed by atoms with Crippen LogP contribution < -0.4 is 16.0 Å². The zero-order valence-electron chi connectivity index (χ0n) is 17.8. The lowest BCUT2D eigenvalue weighted by molar-refractivity contribution is 0.102. The molecule has 33 heavy (non-hydrogen) atoms. The molecule has 0 aliphatic carbocycles. The number of carbonyl (C=O) groups excluding carboxylic acids is 1. The first-order valence-corrected chi connectivity index (χ1v) is 11.1. The van der Waals surface area contributed by atoms with Crippen LogP contribution in [0.5, 0.6) is 0 Å². The first-order valence-electron chi connectivity index (χ1n) is 10.7. The monoisotopic (exact) mass is 467 g/mol. The predicted molar refractivity (Wildman–Crippen MR) is 126 cm³/mol. The van der Waals surface area contributed by atoms with Gasteiger partial charge in [0.25, 0.3) is 5.91 Å². The number of fused-ring (bicyclic) bond motifs is 1. The second kappa shape index (κ2) is 8.84. The largest absolute Gasteiger partial charge is 0.368 e. The van der Waals surface area contributed by atoms with Crippen molar-refractivity contribution < 1.29 is 9.18 Å².